The molecule has 0 radical (unpaired) electrons. The summed E-state index contributed by atoms with van der Waals surface area (Å²) in [6.07, 6.45) is 7.62. The normalized spacial score (nSPS) is 28.4. The van der Waals surface area contributed by atoms with Gasteiger partial charge in [0.2, 0.25) is 0 Å². The largest absolute Gasteiger partial charge is 0.287 e. The summed E-state index contributed by atoms with van der Waals surface area (Å²) in [6.45, 7) is 0. The quantitative estimate of drug-likeness (QED) is 0.582. The molecular formula is C9H16N2O. The second-order valence-corrected chi connectivity index (χ2v) is 4.04. The van der Waals surface area contributed by atoms with Gasteiger partial charge >= 0.3 is 0 Å². The highest BCUT2D eigenvalue weighted by atomic mass is 16.5. The maximum Gasteiger partial charge on any atom is 0.121 e. The summed E-state index contributed by atoms with van der Waals surface area (Å²) in [5, 5.41) is 18.4. The maximum absolute atomic E-state index is 9.68. The molecule has 3 nitrogen and oxygen atoms in total. The van der Waals surface area contributed by atoms with Crippen molar-refractivity contribution in [3.63, 3.8) is 0 Å². The van der Waals surface area contributed by atoms with Crippen LogP contribution in [-0.2, 0) is 0 Å². The summed E-state index contributed by atoms with van der Waals surface area (Å²) in [5.41, 5.74) is -0.0324. The molecule has 1 heterocycles. The first-order chi connectivity index (χ1) is 5.75. The lowest BCUT2D eigenvalue weighted by Gasteiger charge is -2.38. The summed E-state index contributed by atoms with van der Waals surface area (Å²) in [7, 11) is 0. The third-order valence-corrected chi connectivity index (χ3v) is 3.32. The van der Waals surface area contributed by atoms with E-state index in [9.17, 15) is 5.21 Å². The minimum atomic E-state index is -0.0324. The van der Waals surface area contributed by atoms with Crippen LogP contribution in [0.2, 0.25) is 0 Å². The van der Waals surface area contributed by atoms with E-state index in [4.69, 9.17) is 5.41 Å². The predicted octanol–water partition coefficient (Wildman–Crippen LogP) is 2.15. The number of nitrogens with zero attached hydrogens (tertiary/aromatic N) is 1. The van der Waals surface area contributed by atoms with E-state index in [2.05, 4.69) is 0 Å². The van der Waals surface area contributed by atoms with Gasteiger partial charge in [0.1, 0.15) is 5.84 Å². The van der Waals surface area contributed by atoms with Gasteiger partial charge in [0.05, 0.1) is 5.54 Å². The Morgan fingerprint density at radius 3 is 2.33 bits per heavy atom. The summed E-state index contributed by atoms with van der Waals surface area (Å²) in [6, 6.07) is 0. The van der Waals surface area contributed by atoms with E-state index in [1.54, 1.807) is 0 Å². The van der Waals surface area contributed by atoms with E-state index in [-0.39, 0.29) is 5.54 Å². The first-order valence-electron chi connectivity index (χ1n) is 4.81. The van der Waals surface area contributed by atoms with Crippen molar-refractivity contribution in [2.45, 2.75) is 50.5 Å². The molecule has 1 aliphatic carbocycles. The molecule has 1 aliphatic heterocycles. The van der Waals surface area contributed by atoms with E-state index in [1.165, 1.54) is 24.3 Å². The predicted molar refractivity (Wildman–Crippen MR) is 46.4 cm³/mol. The van der Waals surface area contributed by atoms with E-state index in [0.717, 1.165) is 25.7 Å². The average molecular weight is 168 g/mol. The minimum Gasteiger partial charge on any atom is -0.287 e. The minimum absolute atomic E-state index is 0.0324. The molecule has 0 atom stereocenters. The van der Waals surface area contributed by atoms with Gasteiger partial charge in [-0.25, -0.2) is 5.06 Å². The lowest BCUT2D eigenvalue weighted by atomic mass is 9.80. The molecule has 68 valence electrons. The lowest BCUT2D eigenvalue weighted by molar-refractivity contribution is -0.109. The monoisotopic (exact) mass is 168 g/mol. The molecule has 1 saturated carbocycles. The van der Waals surface area contributed by atoms with Crippen LogP contribution in [0.25, 0.3) is 0 Å². The van der Waals surface area contributed by atoms with Gasteiger partial charge in [-0.3, -0.25) is 10.6 Å². The van der Waals surface area contributed by atoms with Crippen LogP contribution in [0.3, 0.4) is 0 Å². The highest BCUT2D eigenvalue weighted by Crippen LogP contribution is 2.40. The SMILES string of the molecule is N=C1CCC2(CCCCC2)N1O. The molecule has 12 heavy (non-hydrogen) atoms. The fraction of sp³-hybridized carbons (Fsp3) is 0.889. The van der Waals surface area contributed by atoms with Gasteiger partial charge in [0.25, 0.3) is 0 Å². The van der Waals surface area contributed by atoms with Gasteiger partial charge in [-0.05, 0) is 19.3 Å². The zero-order chi connectivity index (χ0) is 8.60. The van der Waals surface area contributed by atoms with Crippen molar-refractivity contribution < 1.29 is 5.21 Å². The second kappa shape index (κ2) is 2.73. The van der Waals surface area contributed by atoms with Crippen molar-refractivity contribution in [3.8, 4) is 0 Å². The molecular weight excluding hydrogens is 152 g/mol. The van der Waals surface area contributed by atoms with Crippen LogP contribution in [0.15, 0.2) is 0 Å². The fourth-order valence-electron chi connectivity index (χ4n) is 2.52. The fourth-order valence-corrected chi connectivity index (χ4v) is 2.52. The van der Waals surface area contributed by atoms with Gasteiger partial charge in [0.15, 0.2) is 0 Å². The molecule has 3 heteroatoms. The Morgan fingerprint density at radius 2 is 1.83 bits per heavy atom. The van der Waals surface area contributed by atoms with Crippen LogP contribution in [0.1, 0.15) is 44.9 Å². The molecule has 2 fully saturated rings. The van der Waals surface area contributed by atoms with Crippen LogP contribution in [0.4, 0.5) is 0 Å². The summed E-state index contributed by atoms with van der Waals surface area (Å²) >= 11 is 0. The highest BCUT2D eigenvalue weighted by Gasteiger charge is 2.43. The van der Waals surface area contributed by atoms with E-state index in [1.807, 2.05) is 0 Å². The molecule has 0 aromatic rings. The Balaban J connectivity index is 2.14. The first-order valence-corrected chi connectivity index (χ1v) is 4.81. The molecule has 0 unspecified atom stereocenters. The number of hydrogen-bond acceptors (Lipinski definition) is 2. The Labute approximate surface area is 72.8 Å². The zero-order valence-electron chi connectivity index (χ0n) is 7.34. The molecule has 0 bridgehead atoms. The second-order valence-electron chi connectivity index (χ2n) is 4.04. The lowest BCUT2D eigenvalue weighted by Crippen LogP contribution is -2.44. The van der Waals surface area contributed by atoms with Crippen molar-refractivity contribution >= 4 is 5.84 Å². The Hall–Kier alpha value is -0.570. The maximum atomic E-state index is 9.68. The zero-order valence-corrected chi connectivity index (χ0v) is 7.34. The van der Waals surface area contributed by atoms with Crippen molar-refractivity contribution in [1.82, 2.24) is 5.06 Å². The summed E-state index contributed by atoms with van der Waals surface area (Å²) in [5.74, 6) is 0.414. The van der Waals surface area contributed by atoms with Crippen molar-refractivity contribution in [1.29, 1.82) is 5.41 Å². The third-order valence-electron chi connectivity index (χ3n) is 3.32. The molecule has 0 aromatic heterocycles. The number of rotatable bonds is 0. The summed E-state index contributed by atoms with van der Waals surface area (Å²) < 4.78 is 0. The van der Waals surface area contributed by atoms with Gasteiger partial charge < -0.3 is 0 Å². The smallest absolute Gasteiger partial charge is 0.121 e. The van der Waals surface area contributed by atoms with Gasteiger partial charge in [-0.2, -0.15) is 0 Å². The van der Waals surface area contributed by atoms with E-state index >= 15 is 0 Å². The van der Waals surface area contributed by atoms with Crippen LogP contribution in [0, 0.1) is 5.41 Å². The Bertz CT molecular complexity index is 197. The third kappa shape index (κ3) is 1.04. The van der Waals surface area contributed by atoms with Crippen molar-refractivity contribution in [2.75, 3.05) is 0 Å². The molecule has 1 saturated heterocycles. The number of amidine groups is 1. The van der Waals surface area contributed by atoms with Crippen molar-refractivity contribution in [3.05, 3.63) is 0 Å². The molecule has 1 spiro atoms. The van der Waals surface area contributed by atoms with E-state index in [0.29, 0.717) is 5.84 Å². The Morgan fingerprint density at radius 1 is 1.17 bits per heavy atom. The van der Waals surface area contributed by atoms with Gasteiger partial charge in [0, 0.05) is 6.42 Å². The Kier molecular flexibility index (Phi) is 1.83. The first kappa shape index (κ1) is 8.05. The van der Waals surface area contributed by atoms with Crippen LogP contribution in [0.5, 0.6) is 0 Å². The number of hydrogen-bond donors (Lipinski definition) is 2. The van der Waals surface area contributed by atoms with Gasteiger partial charge in [-0.15, -0.1) is 0 Å². The highest BCUT2D eigenvalue weighted by molar-refractivity contribution is 5.81. The molecule has 0 amide bonds. The molecule has 2 rings (SSSR count). The van der Waals surface area contributed by atoms with Gasteiger partial charge in [-0.1, -0.05) is 19.3 Å². The molecule has 2 N–H and O–H groups in total. The van der Waals surface area contributed by atoms with Crippen LogP contribution in [-0.4, -0.2) is 21.6 Å². The summed E-state index contributed by atoms with van der Waals surface area (Å²) in [4.78, 5) is 0. The molecule has 0 aromatic carbocycles. The topological polar surface area (TPSA) is 47.3 Å². The standard InChI is InChI=1S/C9H16N2O/c10-8-4-7-9(11(8)12)5-2-1-3-6-9/h10,12H,1-7H2. The number of hydroxylamine groups is 2. The average Bonchev–Trinajstić information content (AvgIpc) is 2.37. The van der Waals surface area contributed by atoms with Crippen molar-refractivity contribution in [2.24, 2.45) is 0 Å². The van der Waals surface area contributed by atoms with Crippen LogP contribution < -0.4 is 0 Å². The molecule has 2 aliphatic rings. The number of nitrogens with one attached hydrogen (secondary N) is 1. The van der Waals surface area contributed by atoms with Crippen LogP contribution >= 0.6 is 0 Å². The van der Waals surface area contributed by atoms with E-state index < -0.39 is 0 Å².